The van der Waals surface area contributed by atoms with Crippen LogP contribution in [0.25, 0.3) is 22.0 Å². The van der Waals surface area contributed by atoms with E-state index >= 15 is 0 Å². The van der Waals surface area contributed by atoms with Gasteiger partial charge in [0, 0.05) is 16.5 Å². The van der Waals surface area contributed by atoms with Crippen molar-refractivity contribution in [2.24, 2.45) is 4.99 Å². The van der Waals surface area contributed by atoms with Gasteiger partial charge in [0.05, 0.1) is 36.6 Å². The van der Waals surface area contributed by atoms with Crippen LogP contribution in [0.5, 0.6) is 5.75 Å². The van der Waals surface area contributed by atoms with E-state index in [-0.39, 0.29) is 18.8 Å². The second-order valence-electron chi connectivity index (χ2n) is 8.26. The van der Waals surface area contributed by atoms with Crippen LogP contribution in [0.3, 0.4) is 0 Å². The van der Waals surface area contributed by atoms with Gasteiger partial charge in [-0.05, 0) is 38.5 Å². The van der Waals surface area contributed by atoms with Crippen LogP contribution in [0.4, 0.5) is 5.82 Å². The topological polar surface area (TPSA) is 108 Å². The number of benzene rings is 2. The summed E-state index contributed by atoms with van der Waals surface area (Å²) in [4.78, 5) is 8.31. The fourth-order valence-corrected chi connectivity index (χ4v) is 4.50. The highest BCUT2D eigenvalue weighted by Gasteiger charge is 2.27. The molecule has 8 nitrogen and oxygen atoms in total. The van der Waals surface area contributed by atoms with Crippen molar-refractivity contribution in [2.45, 2.75) is 33.0 Å². The van der Waals surface area contributed by atoms with Crippen molar-refractivity contribution in [3.8, 4) is 16.9 Å². The summed E-state index contributed by atoms with van der Waals surface area (Å²) in [5.74, 6) is 3.06. The van der Waals surface area contributed by atoms with Crippen LogP contribution in [-0.2, 0) is 0 Å². The summed E-state index contributed by atoms with van der Waals surface area (Å²) in [5, 5.41) is 22.0. The number of aryl methyl sites for hydroxylation is 2. The Morgan fingerprint density at radius 3 is 2.64 bits per heavy atom. The molecule has 0 bridgehead atoms. The molecule has 0 spiro atoms. The number of methoxy groups -OCH3 is 1. The first-order valence-electron chi connectivity index (χ1n) is 10.9. The number of aliphatic hydroxyl groups excluding tert-OH is 1. The SMILES string of the molecule is COc1cc2c3c([nH]c2cc1-c1c(C)noc1C)NC(C)N=C3NC(CO)c1ccccc1. The third-order valence-corrected chi connectivity index (χ3v) is 6.03. The highest BCUT2D eigenvalue weighted by molar-refractivity contribution is 6.16. The minimum atomic E-state index is -0.281. The number of H-pyrrole nitrogens is 1. The average molecular weight is 446 g/mol. The summed E-state index contributed by atoms with van der Waals surface area (Å²) in [6.07, 6.45) is -0.132. The first-order valence-corrected chi connectivity index (χ1v) is 10.9. The minimum Gasteiger partial charge on any atom is -0.496 e. The lowest BCUT2D eigenvalue weighted by molar-refractivity contribution is 0.257. The summed E-state index contributed by atoms with van der Waals surface area (Å²) >= 11 is 0. The van der Waals surface area contributed by atoms with Gasteiger partial charge in [-0.25, -0.2) is 4.99 Å². The van der Waals surface area contributed by atoms with E-state index in [9.17, 15) is 5.11 Å². The zero-order chi connectivity index (χ0) is 23.1. The van der Waals surface area contributed by atoms with Crippen LogP contribution >= 0.6 is 0 Å². The molecule has 2 atom stereocenters. The van der Waals surface area contributed by atoms with Crippen molar-refractivity contribution in [1.82, 2.24) is 15.5 Å². The lowest BCUT2D eigenvalue weighted by Gasteiger charge is -2.25. The zero-order valence-electron chi connectivity index (χ0n) is 19.1. The smallest absolute Gasteiger partial charge is 0.141 e. The summed E-state index contributed by atoms with van der Waals surface area (Å²) in [7, 11) is 1.66. The molecule has 2 unspecified atom stereocenters. The van der Waals surface area contributed by atoms with Crippen LogP contribution in [0.15, 0.2) is 52.0 Å². The highest BCUT2D eigenvalue weighted by Crippen LogP contribution is 2.40. The van der Waals surface area contributed by atoms with Gasteiger partial charge in [-0.3, -0.25) is 0 Å². The predicted octanol–water partition coefficient (Wildman–Crippen LogP) is 4.29. The lowest BCUT2D eigenvalue weighted by atomic mass is 9.99. The first kappa shape index (κ1) is 21.1. The van der Waals surface area contributed by atoms with E-state index in [2.05, 4.69) is 26.8 Å². The van der Waals surface area contributed by atoms with Gasteiger partial charge in [0.2, 0.25) is 0 Å². The van der Waals surface area contributed by atoms with Crippen LogP contribution in [0.2, 0.25) is 0 Å². The molecule has 0 radical (unpaired) electrons. The van der Waals surface area contributed by atoms with Crippen LogP contribution in [0.1, 0.15) is 35.5 Å². The standard InChI is InChI=1S/C25H27N5O3/c1-13-22(14(2)33-30-13)18-10-19-17(11-21(18)32-4)23-24(28-19)26-15(3)27-25(23)29-20(12-31)16-8-6-5-7-9-16/h5-11,15,20,26,28,31H,12H2,1-4H3,(H,27,29). The molecule has 5 rings (SSSR count). The number of aliphatic imine (C=N–C) groups is 1. The average Bonchev–Trinajstić information content (AvgIpc) is 3.34. The number of amidine groups is 1. The number of nitrogens with zero attached hydrogens (tertiary/aromatic N) is 2. The van der Waals surface area contributed by atoms with E-state index in [4.69, 9.17) is 14.3 Å². The molecular formula is C25H27N5O3. The van der Waals surface area contributed by atoms with Crippen LogP contribution in [0, 0.1) is 13.8 Å². The third kappa shape index (κ3) is 3.62. The largest absolute Gasteiger partial charge is 0.496 e. The molecule has 0 fully saturated rings. The maximum absolute atomic E-state index is 10.1. The van der Waals surface area contributed by atoms with Gasteiger partial charge >= 0.3 is 0 Å². The van der Waals surface area contributed by atoms with Crippen molar-refractivity contribution < 1.29 is 14.4 Å². The van der Waals surface area contributed by atoms with Crippen molar-refractivity contribution in [2.75, 3.05) is 19.0 Å². The number of ether oxygens (including phenoxy) is 1. The third-order valence-electron chi connectivity index (χ3n) is 6.03. The number of anilines is 1. The zero-order valence-corrected chi connectivity index (χ0v) is 19.1. The number of aliphatic hydroxyl groups is 1. The van der Waals surface area contributed by atoms with Gasteiger partial charge in [-0.2, -0.15) is 0 Å². The molecule has 0 amide bonds. The molecule has 8 heteroatoms. The number of aromatic amines is 1. The molecular weight excluding hydrogens is 418 g/mol. The van der Waals surface area contributed by atoms with E-state index in [1.54, 1.807) is 7.11 Å². The van der Waals surface area contributed by atoms with Crippen LogP contribution in [-0.4, -0.2) is 41.0 Å². The van der Waals surface area contributed by atoms with Gasteiger partial charge in [0.1, 0.15) is 29.3 Å². The molecule has 1 aliphatic rings. The van der Waals surface area contributed by atoms with Crippen LogP contribution < -0.4 is 15.4 Å². The van der Waals surface area contributed by atoms with E-state index < -0.39 is 0 Å². The van der Waals surface area contributed by atoms with Gasteiger partial charge in [0.15, 0.2) is 0 Å². The molecule has 0 saturated carbocycles. The number of hydrogen-bond donors (Lipinski definition) is 4. The van der Waals surface area contributed by atoms with Crippen molar-refractivity contribution in [3.05, 3.63) is 65.0 Å². The Labute approximate surface area is 191 Å². The van der Waals surface area contributed by atoms with Gasteiger partial charge in [-0.1, -0.05) is 35.5 Å². The van der Waals surface area contributed by atoms with E-state index in [0.29, 0.717) is 0 Å². The Bertz CT molecular complexity index is 1320. The fourth-order valence-electron chi connectivity index (χ4n) is 4.50. The summed E-state index contributed by atoms with van der Waals surface area (Å²) in [5.41, 5.74) is 5.50. The normalized spacial score (nSPS) is 16.2. The molecule has 0 aliphatic carbocycles. The fraction of sp³-hybridized carbons (Fsp3) is 0.280. The number of aromatic nitrogens is 2. The molecule has 3 heterocycles. The maximum atomic E-state index is 10.1. The molecule has 4 N–H and O–H groups in total. The monoisotopic (exact) mass is 445 g/mol. The molecule has 2 aromatic carbocycles. The number of rotatable bonds is 5. The van der Waals surface area contributed by atoms with Crippen molar-refractivity contribution in [3.63, 3.8) is 0 Å². The number of nitrogens with one attached hydrogen (secondary N) is 3. The Hall–Kier alpha value is -3.78. The Kier molecular flexibility index (Phi) is 5.30. The first-order chi connectivity index (χ1) is 16.0. The highest BCUT2D eigenvalue weighted by atomic mass is 16.5. The second-order valence-corrected chi connectivity index (χ2v) is 8.26. The Morgan fingerprint density at radius 2 is 1.97 bits per heavy atom. The van der Waals surface area contributed by atoms with E-state index in [1.807, 2.05) is 57.2 Å². The lowest BCUT2D eigenvalue weighted by Crippen LogP contribution is -2.36. The van der Waals surface area contributed by atoms with Crippen molar-refractivity contribution in [1.29, 1.82) is 0 Å². The molecule has 4 aromatic rings. The number of hydrogen-bond acceptors (Lipinski definition) is 7. The van der Waals surface area contributed by atoms with Gasteiger partial charge < -0.3 is 30.0 Å². The molecule has 170 valence electrons. The molecule has 1 aliphatic heterocycles. The Balaban J connectivity index is 1.63. The Morgan fingerprint density at radius 1 is 1.18 bits per heavy atom. The van der Waals surface area contributed by atoms with E-state index in [1.165, 1.54) is 0 Å². The summed E-state index contributed by atoms with van der Waals surface area (Å²) in [6.45, 7) is 5.76. The molecule has 0 saturated heterocycles. The minimum absolute atomic E-state index is 0.0535. The molecule has 2 aromatic heterocycles. The van der Waals surface area contributed by atoms with Crippen molar-refractivity contribution >= 4 is 22.6 Å². The predicted molar refractivity (Wildman–Crippen MR) is 129 cm³/mol. The maximum Gasteiger partial charge on any atom is 0.141 e. The number of fused-ring (bicyclic) bond motifs is 3. The van der Waals surface area contributed by atoms with E-state index in [0.717, 1.165) is 62.0 Å². The van der Waals surface area contributed by atoms with Gasteiger partial charge in [0.25, 0.3) is 0 Å². The second kappa shape index (κ2) is 8.29. The molecule has 33 heavy (non-hydrogen) atoms. The summed E-state index contributed by atoms with van der Waals surface area (Å²) in [6, 6.07) is 13.7. The van der Waals surface area contributed by atoms with Gasteiger partial charge in [-0.15, -0.1) is 0 Å². The summed E-state index contributed by atoms with van der Waals surface area (Å²) < 4.78 is 11.2. The quantitative estimate of drug-likeness (QED) is 0.365.